The first-order valence-electron chi connectivity index (χ1n) is 13.8. The lowest BCUT2D eigenvalue weighted by Gasteiger charge is -2.24. The van der Waals surface area contributed by atoms with Gasteiger partial charge in [-0.1, -0.05) is 20.3 Å². The minimum Gasteiger partial charge on any atom is -0.349 e. The number of alkyl halides is 3. The Morgan fingerprint density at radius 3 is 2.29 bits per heavy atom. The summed E-state index contributed by atoms with van der Waals surface area (Å²) in [4.78, 5) is 54.0. The van der Waals surface area contributed by atoms with Gasteiger partial charge in [-0.15, -0.1) is 0 Å². The Bertz CT molecular complexity index is 1650. The molecule has 13 heteroatoms. The van der Waals surface area contributed by atoms with E-state index in [-0.39, 0.29) is 23.4 Å². The van der Waals surface area contributed by atoms with Crippen LogP contribution in [0.15, 0.2) is 52.3 Å². The second-order valence-corrected chi connectivity index (χ2v) is 10.3. The quantitative estimate of drug-likeness (QED) is 0.280. The molecule has 224 valence electrons. The van der Waals surface area contributed by atoms with E-state index in [2.05, 4.69) is 15.0 Å². The van der Waals surface area contributed by atoms with Crippen molar-refractivity contribution in [1.29, 1.82) is 0 Å². The summed E-state index contributed by atoms with van der Waals surface area (Å²) in [7, 11) is 3.67. The molecule has 0 unspecified atom stereocenters. The second-order valence-electron chi connectivity index (χ2n) is 10.3. The molecule has 0 bridgehead atoms. The Balaban J connectivity index is 1.70. The topological polar surface area (TPSA) is 109 Å². The molecule has 4 aromatic rings. The van der Waals surface area contributed by atoms with E-state index in [1.54, 1.807) is 29.0 Å². The highest BCUT2D eigenvalue weighted by atomic mass is 19.4. The van der Waals surface area contributed by atoms with Gasteiger partial charge < -0.3 is 9.88 Å². The number of carbonyl (C=O) groups excluding carboxylic acids is 1. The highest BCUT2D eigenvalue weighted by Crippen LogP contribution is 2.28. The molecule has 0 aliphatic rings. The van der Waals surface area contributed by atoms with E-state index < -0.39 is 17.8 Å². The third-order valence-corrected chi connectivity index (χ3v) is 6.84. The van der Waals surface area contributed by atoms with Crippen LogP contribution in [0.2, 0.25) is 0 Å². The fourth-order valence-corrected chi connectivity index (χ4v) is 4.57. The Morgan fingerprint density at radius 1 is 0.952 bits per heavy atom. The number of rotatable bonds is 11. The third kappa shape index (κ3) is 6.46. The number of hydrogen-bond acceptors (Lipinski definition) is 6. The van der Waals surface area contributed by atoms with Gasteiger partial charge in [0.25, 0.3) is 11.5 Å². The van der Waals surface area contributed by atoms with E-state index >= 15 is 0 Å². The zero-order chi connectivity index (χ0) is 30.6. The van der Waals surface area contributed by atoms with Crippen LogP contribution in [0.5, 0.6) is 0 Å². The lowest BCUT2D eigenvalue weighted by Crippen LogP contribution is -2.40. The lowest BCUT2D eigenvalue weighted by molar-refractivity contribution is -0.141. The summed E-state index contributed by atoms with van der Waals surface area (Å²) in [6.07, 6.45) is 0.101. The van der Waals surface area contributed by atoms with Crippen LogP contribution in [-0.4, -0.2) is 62.1 Å². The predicted molar refractivity (Wildman–Crippen MR) is 155 cm³/mol. The number of fused-ring (bicyclic) bond motifs is 1. The van der Waals surface area contributed by atoms with Gasteiger partial charge in [0.15, 0.2) is 0 Å². The van der Waals surface area contributed by atoms with Crippen molar-refractivity contribution >= 4 is 22.8 Å². The molecule has 0 spiro atoms. The highest BCUT2D eigenvalue weighted by Gasteiger charge is 2.32. The van der Waals surface area contributed by atoms with E-state index in [0.29, 0.717) is 60.6 Å². The number of nitrogens with zero attached hydrogens (tertiary/aromatic N) is 6. The van der Waals surface area contributed by atoms with Crippen LogP contribution in [0.1, 0.15) is 49.2 Å². The Kier molecular flexibility index (Phi) is 9.30. The fraction of sp³-hybridized carbons (Fsp3) is 0.414. The largest absolute Gasteiger partial charge is 0.433 e. The maximum Gasteiger partial charge on any atom is 0.433 e. The number of aryl methyl sites for hydroxylation is 1. The van der Waals surface area contributed by atoms with Crippen LogP contribution in [0.4, 0.5) is 19.0 Å². The van der Waals surface area contributed by atoms with Crippen LogP contribution in [-0.2, 0) is 19.3 Å². The molecule has 4 heterocycles. The van der Waals surface area contributed by atoms with Crippen LogP contribution in [0, 0.1) is 0 Å². The zero-order valence-electron chi connectivity index (χ0n) is 24.0. The number of unbranched alkanes of at least 4 members (excludes halogenated alkanes) is 1. The number of H-pyrrole nitrogens is 1. The van der Waals surface area contributed by atoms with Crippen molar-refractivity contribution < 1.29 is 18.0 Å². The maximum atomic E-state index is 13.3. The van der Waals surface area contributed by atoms with Crippen molar-refractivity contribution in [3.63, 3.8) is 0 Å². The van der Waals surface area contributed by atoms with Crippen LogP contribution in [0.3, 0.4) is 0 Å². The van der Waals surface area contributed by atoms with Gasteiger partial charge in [0.05, 0.1) is 11.1 Å². The molecular formula is C29H34F3N7O3. The highest BCUT2D eigenvalue weighted by molar-refractivity contribution is 6.05. The smallest absolute Gasteiger partial charge is 0.349 e. The van der Waals surface area contributed by atoms with Crippen molar-refractivity contribution in [2.75, 3.05) is 32.1 Å². The minimum absolute atomic E-state index is 0.00324. The average Bonchev–Trinajstić information content (AvgIpc) is 3.41. The van der Waals surface area contributed by atoms with Gasteiger partial charge in [-0.25, -0.2) is 9.78 Å². The summed E-state index contributed by atoms with van der Waals surface area (Å²) in [5, 5.41) is 0. The number of amides is 1. The number of anilines is 1. The van der Waals surface area contributed by atoms with Gasteiger partial charge in [0, 0.05) is 49.8 Å². The van der Waals surface area contributed by atoms with Gasteiger partial charge in [-0.05, 0) is 57.3 Å². The molecule has 0 saturated heterocycles. The van der Waals surface area contributed by atoms with Gasteiger partial charge >= 0.3 is 11.9 Å². The van der Waals surface area contributed by atoms with Gasteiger partial charge in [0.2, 0.25) is 0 Å². The van der Waals surface area contributed by atoms with Gasteiger partial charge in [-0.2, -0.15) is 13.2 Å². The monoisotopic (exact) mass is 585 g/mol. The summed E-state index contributed by atoms with van der Waals surface area (Å²) in [6.45, 7) is 5.45. The standard InChI is InChI=1S/C29H34F3N7O3/c1-5-7-13-39-27(41)25-22(37(12-6-2)28(39)42)16-21(35-25)19-9-11-24(34-17-19)38(15-14-36(3)4)26(40)20-8-10-23(33-18-20)29(30,31)32/h8-11,16-18,35H,5-7,12-15H2,1-4H3. The molecule has 10 nitrogen and oxygen atoms in total. The molecule has 1 N–H and O–H groups in total. The SMILES string of the molecule is CCCCn1c(=O)c2[nH]c(-c3ccc(N(CCN(C)C)C(=O)c4ccc(C(F)(F)F)nc4)nc3)cc2n(CCC)c1=O. The van der Waals surface area contributed by atoms with Crippen molar-refractivity contribution in [3.05, 3.63) is 74.8 Å². The number of carbonyl (C=O) groups is 1. The summed E-state index contributed by atoms with van der Waals surface area (Å²) < 4.78 is 41.8. The molecule has 1 amide bonds. The maximum absolute atomic E-state index is 13.3. The van der Waals surface area contributed by atoms with Crippen molar-refractivity contribution in [2.24, 2.45) is 0 Å². The molecule has 0 aliphatic carbocycles. The Labute approximate surface area is 240 Å². The minimum atomic E-state index is -4.61. The number of nitrogens with one attached hydrogen (secondary N) is 1. The van der Waals surface area contributed by atoms with E-state index in [1.807, 2.05) is 32.8 Å². The van der Waals surface area contributed by atoms with E-state index in [4.69, 9.17) is 0 Å². The molecule has 0 aliphatic heterocycles. The Hall–Kier alpha value is -4.26. The molecular weight excluding hydrogens is 551 g/mol. The number of likely N-dealkylation sites (N-methyl/N-ethyl adjacent to an activating group) is 1. The third-order valence-electron chi connectivity index (χ3n) is 6.84. The first kappa shape index (κ1) is 30.7. The summed E-state index contributed by atoms with van der Waals surface area (Å²) in [5.41, 5.74) is 0.245. The van der Waals surface area contributed by atoms with E-state index in [1.165, 1.54) is 9.47 Å². The molecule has 42 heavy (non-hydrogen) atoms. The van der Waals surface area contributed by atoms with Gasteiger partial charge in [-0.3, -0.25) is 28.6 Å². The van der Waals surface area contributed by atoms with Crippen molar-refractivity contribution in [1.82, 2.24) is 29.0 Å². The molecule has 0 atom stereocenters. The first-order valence-corrected chi connectivity index (χ1v) is 13.8. The second kappa shape index (κ2) is 12.7. The lowest BCUT2D eigenvalue weighted by atomic mass is 10.2. The molecule has 0 radical (unpaired) electrons. The number of pyridine rings is 2. The molecule has 4 aromatic heterocycles. The Morgan fingerprint density at radius 2 is 1.71 bits per heavy atom. The summed E-state index contributed by atoms with van der Waals surface area (Å²) in [6, 6.07) is 6.98. The fourth-order valence-electron chi connectivity index (χ4n) is 4.57. The molecule has 0 aromatic carbocycles. The normalized spacial score (nSPS) is 11.9. The molecule has 4 rings (SSSR count). The number of aromatic nitrogens is 5. The van der Waals surface area contributed by atoms with Crippen molar-refractivity contribution in [3.8, 4) is 11.3 Å². The van der Waals surface area contributed by atoms with Crippen molar-refractivity contribution in [2.45, 2.75) is 52.4 Å². The van der Waals surface area contributed by atoms with Crippen LogP contribution in [0.25, 0.3) is 22.3 Å². The number of aromatic amines is 1. The first-order chi connectivity index (χ1) is 20.0. The predicted octanol–water partition coefficient (Wildman–Crippen LogP) is 4.39. The van der Waals surface area contributed by atoms with Crippen LogP contribution < -0.4 is 16.1 Å². The number of halogens is 3. The molecule has 0 saturated carbocycles. The van der Waals surface area contributed by atoms with Crippen LogP contribution >= 0.6 is 0 Å². The molecule has 0 fully saturated rings. The zero-order valence-corrected chi connectivity index (χ0v) is 24.0. The summed E-state index contributed by atoms with van der Waals surface area (Å²) >= 11 is 0. The van der Waals surface area contributed by atoms with E-state index in [0.717, 1.165) is 24.8 Å². The van der Waals surface area contributed by atoms with Gasteiger partial charge in [0.1, 0.15) is 17.0 Å². The average molecular weight is 586 g/mol. The number of hydrogen-bond donors (Lipinski definition) is 1. The van der Waals surface area contributed by atoms with E-state index in [9.17, 15) is 27.6 Å². The summed E-state index contributed by atoms with van der Waals surface area (Å²) in [5.74, 6) is -0.244.